The van der Waals surface area contributed by atoms with Crippen LogP contribution in [0.4, 0.5) is 0 Å². The van der Waals surface area contributed by atoms with Gasteiger partial charge >= 0.3 is 0 Å². The summed E-state index contributed by atoms with van der Waals surface area (Å²) in [6, 6.07) is 0.404. The molecule has 3 aliphatic rings. The minimum Gasteiger partial charge on any atom is -0.338 e. The molecule has 2 aliphatic heterocycles. The molecule has 1 amide bonds. The van der Waals surface area contributed by atoms with Gasteiger partial charge < -0.3 is 14.8 Å². The zero-order valence-electron chi connectivity index (χ0n) is 17.5. The normalized spacial score (nSPS) is 21.7. The van der Waals surface area contributed by atoms with Gasteiger partial charge in [-0.25, -0.2) is 4.98 Å². The fourth-order valence-electron chi connectivity index (χ4n) is 5.20. The number of amides is 1. The lowest BCUT2D eigenvalue weighted by Gasteiger charge is -2.28. The molecule has 8 heteroatoms. The number of H-pyrrole nitrogens is 1. The van der Waals surface area contributed by atoms with Crippen molar-refractivity contribution < 1.29 is 4.79 Å². The largest absolute Gasteiger partial charge is 0.338 e. The van der Waals surface area contributed by atoms with Crippen LogP contribution in [-0.4, -0.2) is 63.6 Å². The van der Waals surface area contributed by atoms with Crippen molar-refractivity contribution in [3.05, 3.63) is 26.6 Å². The summed E-state index contributed by atoms with van der Waals surface area (Å²) in [6.07, 6.45) is 8.68. The molecule has 1 N–H and O–H groups in total. The van der Waals surface area contributed by atoms with Gasteiger partial charge in [0.25, 0.3) is 5.56 Å². The number of aromatic amines is 1. The van der Waals surface area contributed by atoms with Crippen LogP contribution in [0.3, 0.4) is 0 Å². The zero-order valence-corrected chi connectivity index (χ0v) is 19.1. The molecular formula is C22H30N4O2S2. The van der Waals surface area contributed by atoms with E-state index in [0.717, 1.165) is 67.0 Å². The number of likely N-dealkylation sites (tertiary alicyclic amines) is 2. The quantitative estimate of drug-likeness (QED) is 0.662. The maximum atomic E-state index is 12.8. The van der Waals surface area contributed by atoms with Crippen LogP contribution in [0.5, 0.6) is 0 Å². The summed E-state index contributed by atoms with van der Waals surface area (Å²) in [4.78, 5) is 39.9. The molecule has 2 aromatic rings. The molecule has 0 bridgehead atoms. The molecule has 0 radical (unpaired) electrons. The molecule has 1 atom stereocenters. The first-order valence-corrected chi connectivity index (χ1v) is 13.3. The summed E-state index contributed by atoms with van der Waals surface area (Å²) in [6.45, 7) is 4.35. The van der Waals surface area contributed by atoms with E-state index in [-0.39, 0.29) is 11.5 Å². The minimum absolute atomic E-state index is 0.00731. The van der Waals surface area contributed by atoms with Crippen LogP contribution >= 0.6 is 23.1 Å². The van der Waals surface area contributed by atoms with Crippen molar-refractivity contribution >= 4 is 39.2 Å². The molecule has 2 fully saturated rings. The monoisotopic (exact) mass is 446 g/mol. The fraction of sp³-hybridized carbons (Fsp3) is 0.682. The van der Waals surface area contributed by atoms with Crippen LogP contribution in [0, 0.1) is 0 Å². The second-order valence-electron chi connectivity index (χ2n) is 8.74. The Labute approximate surface area is 185 Å². The number of nitrogens with zero attached hydrogens (tertiary/aromatic N) is 3. The van der Waals surface area contributed by atoms with Gasteiger partial charge in [0.1, 0.15) is 10.7 Å². The third-order valence-corrected chi connectivity index (χ3v) is 8.84. The summed E-state index contributed by atoms with van der Waals surface area (Å²) in [5.41, 5.74) is 1.23. The van der Waals surface area contributed by atoms with Gasteiger partial charge in [0.05, 0.1) is 11.1 Å². The number of fused-ring (bicyclic) bond motifs is 3. The number of carbonyl (C=O) groups excluding carboxylic acids is 1. The van der Waals surface area contributed by atoms with E-state index in [9.17, 15) is 9.59 Å². The predicted molar refractivity (Wildman–Crippen MR) is 123 cm³/mol. The van der Waals surface area contributed by atoms with Crippen molar-refractivity contribution in [3.8, 4) is 0 Å². The number of thiophene rings is 1. The number of thioether (sulfide) groups is 1. The van der Waals surface area contributed by atoms with E-state index >= 15 is 0 Å². The molecule has 162 valence electrons. The van der Waals surface area contributed by atoms with Gasteiger partial charge in [0.2, 0.25) is 5.91 Å². The maximum absolute atomic E-state index is 12.8. The van der Waals surface area contributed by atoms with Crippen LogP contribution in [0.15, 0.2) is 4.79 Å². The highest BCUT2D eigenvalue weighted by atomic mass is 32.2. The van der Waals surface area contributed by atoms with Gasteiger partial charge in [-0.3, -0.25) is 9.59 Å². The van der Waals surface area contributed by atoms with E-state index in [1.54, 1.807) is 23.1 Å². The van der Waals surface area contributed by atoms with Crippen molar-refractivity contribution in [1.82, 2.24) is 19.8 Å². The number of aromatic nitrogens is 2. The van der Waals surface area contributed by atoms with Crippen molar-refractivity contribution in [3.63, 3.8) is 0 Å². The summed E-state index contributed by atoms with van der Waals surface area (Å²) < 4.78 is 0. The number of nitrogens with one attached hydrogen (secondary N) is 1. The number of rotatable bonds is 7. The standard InChI is InChI=1S/C22H30N4O2S2/c27-19(26-11-4-5-15(26)13-25-9-1-2-10-25)8-12-29-14-18-23-21(28)20-16-6-3-7-17(16)30-22(20)24-18/h15H,1-14H2,(H,23,24,28). The highest BCUT2D eigenvalue weighted by Crippen LogP contribution is 2.34. The smallest absolute Gasteiger partial charge is 0.259 e. The number of carbonyl (C=O) groups is 1. The topological polar surface area (TPSA) is 69.3 Å². The Balaban J connectivity index is 1.13. The van der Waals surface area contributed by atoms with Gasteiger partial charge in [-0.05, 0) is 63.6 Å². The van der Waals surface area contributed by atoms with E-state index in [4.69, 9.17) is 4.98 Å². The Morgan fingerprint density at radius 2 is 2.03 bits per heavy atom. The lowest BCUT2D eigenvalue weighted by molar-refractivity contribution is -0.131. The Morgan fingerprint density at radius 1 is 1.17 bits per heavy atom. The Bertz CT molecular complexity index is 979. The van der Waals surface area contributed by atoms with Crippen LogP contribution in [0.25, 0.3) is 10.2 Å². The molecule has 0 spiro atoms. The zero-order chi connectivity index (χ0) is 20.5. The average Bonchev–Trinajstić information content (AvgIpc) is 3.49. The maximum Gasteiger partial charge on any atom is 0.259 e. The number of hydrogen-bond donors (Lipinski definition) is 1. The molecule has 5 rings (SSSR count). The lowest BCUT2D eigenvalue weighted by Crippen LogP contribution is -2.42. The van der Waals surface area contributed by atoms with E-state index in [0.29, 0.717) is 18.2 Å². The van der Waals surface area contributed by atoms with Crippen molar-refractivity contribution in [1.29, 1.82) is 0 Å². The first-order valence-electron chi connectivity index (χ1n) is 11.3. The molecule has 1 aliphatic carbocycles. The van der Waals surface area contributed by atoms with E-state index in [1.807, 2.05) is 0 Å². The molecule has 2 aromatic heterocycles. The molecule has 30 heavy (non-hydrogen) atoms. The average molecular weight is 447 g/mol. The predicted octanol–water partition coefficient (Wildman–Crippen LogP) is 3.18. The van der Waals surface area contributed by atoms with Crippen molar-refractivity contribution in [2.75, 3.05) is 31.9 Å². The van der Waals surface area contributed by atoms with Gasteiger partial charge in [-0.1, -0.05) is 0 Å². The molecule has 4 heterocycles. The third kappa shape index (κ3) is 4.18. The summed E-state index contributed by atoms with van der Waals surface area (Å²) in [7, 11) is 0. The molecule has 6 nitrogen and oxygen atoms in total. The summed E-state index contributed by atoms with van der Waals surface area (Å²) in [5, 5.41) is 0.814. The molecule has 2 saturated heterocycles. The first-order chi connectivity index (χ1) is 14.7. The highest BCUT2D eigenvalue weighted by molar-refractivity contribution is 7.98. The van der Waals surface area contributed by atoms with E-state index in [2.05, 4.69) is 14.8 Å². The van der Waals surface area contributed by atoms with Crippen LogP contribution in [0.2, 0.25) is 0 Å². The fourth-order valence-corrected chi connectivity index (χ4v) is 7.28. The second-order valence-corrected chi connectivity index (χ2v) is 10.9. The van der Waals surface area contributed by atoms with Crippen LogP contribution in [0.1, 0.15) is 54.8 Å². The van der Waals surface area contributed by atoms with Gasteiger partial charge in [-0.15, -0.1) is 11.3 Å². The van der Waals surface area contributed by atoms with E-state index < -0.39 is 0 Å². The second kappa shape index (κ2) is 9.01. The van der Waals surface area contributed by atoms with Crippen LogP contribution < -0.4 is 5.56 Å². The van der Waals surface area contributed by atoms with E-state index in [1.165, 1.54) is 36.4 Å². The molecule has 0 saturated carbocycles. The van der Waals surface area contributed by atoms with Crippen molar-refractivity contribution in [2.24, 2.45) is 0 Å². The summed E-state index contributed by atoms with van der Waals surface area (Å²) in [5.74, 6) is 2.45. The summed E-state index contributed by atoms with van der Waals surface area (Å²) >= 11 is 3.37. The van der Waals surface area contributed by atoms with Crippen molar-refractivity contribution in [2.45, 2.75) is 63.2 Å². The SMILES string of the molecule is O=C(CCSCc1nc2sc3c(c2c(=O)[nH]1)CCC3)N1CCCC1CN1CCCC1. The molecular weight excluding hydrogens is 416 g/mol. The van der Waals surface area contributed by atoms with Gasteiger partial charge in [0, 0.05) is 36.2 Å². The molecule has 1 unspecified atom stereocenters. The van der Waals surface area contributed by atoms with Gasteiger partial charge in [-0.2, -0.15) is 11.8 Å². The third-order valence-electron chi connectivity index (χ3n) is 6.69. The highest BCUT2D eigenvalue weighted by Gasteiger charge is 2.30. The Hall–Kier alpha value is -1.38. The minimum atomic E-state index is 0.00731. The lowest BCUT2D eigenvalue weighted by atomic mass is 10.2. The van der Waals surface area contributed by atoms with Gasteiger partial charge in [0.15, 0.2) is 0 Å². The van der Waals surface area contributed by atoms with Crippen LogP contribution in [-0.2, 0) is 23.4 Å². The molecule has 0 aromatic carbocycles. The Kier molecular flexibility index (Phi) is 6.16. The Morgan fingerprint density at radius 3 is 2.90 bits per heavy atom. The number of hydrogen-bond acceptors (Lipinski definition) is 6. The number of aryl methyl sites for hydroxylation is 2. The first kappa shape index (κ1) is 20.5.